The molecule has 170 valence electrons. The van der Waals surface area contributed by atoms with Gasteiger partial charge in [-0.25, -0.2) is 4.79 Å². The first-order chi connectivity index (χ1) is 15.2. The van der Waals surface area contributed by atoms with Crippen molar-refractivity contribution < 1.29 is 28.6 Å². The van der Waals surface area contributed by atoms with Crippen molar-refractivity contribution in [1.29, 1.82) is 0 Å². The van der Waals surface area contributed by atoms with Crippen LogP contribution in [0.25, 0.3) is 0 Å². The van der Waals surface area contributed by atoms with Crippen LogP contribution in [0.5, 0.6) is 17.2 Å². The molecule has 2 aromatic carbocycles. The molecule has 0 radical (unpaired) electrons. The summed E-state index contributed by atoms with van der Waals surface area (Å²) in [5.74, 6) is 0.314. The van der Waals surface area contributed by atoms with Crippen molar-refractivity contribution >= 4 is 29.4 Å². The molecule has 0 spiro atoms. The van der Waals surface area contributed by atoms with Crippen LogP contribution in [0.2, 0.25) is 5.02 Å². The van der Waals surface area contributed by atoms with Crippen molar-refractivity contribution in [2.75, 3.05) is 27.9 Å². The fourth-order valence-electron chi connectivity index (χ4n) is 3.46. The fraction of sp³-hybridized carbons (Fsp3) is 0.318. The number of urea groups is 1. The van der Waals surface area contributed by atoms with E-state index in [1.165, 1.54) is 21.3 Å². The van der Waals surface area contributed by atoms with Crippen molar-refractivity contribution in [2.24, 2.45) is 0 Å². The third kappa shape index (κ3) is 4.43. The van der Waals surface area contributed by atoms with E-state index in [2.05, 4.69) is 10.6 Å². The highest BCUT2D eigenvalue weighted by molar-refractivity contribution is 6.30. The van der Waals surface area contributed by atoms with Crippen LogP contribution in [0.1, 0.15) is 18.1 Å². The van der Waals surface area contributed by atoms with Crippen molar-refractivity contribution in [3.8, 4) is 17.2 Å². The van der Waals surface area contributed by atoms with Crippen molar-refractivity contribution in [3.63, 3.8) is 0 Å². The zero-order valence-corrected chi connectivity index (χ0v) is 18.9. The Labute approximate surface area is 190 Å². The molecule has 0 aromatic heterocycles. The lowest BCUT2D eigenvalue weighted by Crippen LogP contribution is -2.43. The third-order valence-corrected chi connectivity index (χ3v) is 5.46. The molecule has 4 amide bonds. The maximum Gasteiger partial charge on any atom is 0.325 e. The highest BCUT2D eigenvalue weighted by Crippen LogP contribution is 2.38. The lowest BCUT2D eigenvalue weighted by Gasteiger charge is -2.22. The normalized spacial score (nSPS) is 17.7. The zero-order chi connectivity index (χ0) is 23.5. The first-order valence-corrected chi connectivity index (χ1v) is 10.1. The molecule has 9 nitrogen and oxygen atoms in total. The molecule has 1 aliphatic heterocycles. The number of hydrogen-bond donors (Lipinski definition) is 2. The lowest BCUT2D eigenvalue weighted by molar-refractivity contribution is -0.134. The van der Waals surface area contributed by atoms with E-state index in [0.29, 0.717) is 33.4 Å². The number of imide groups is 1. The monoisotopic (exact) mass is 461 g/mol. The minimum absolute atomic E-state index is 0.133. The summed E-state index contributed by atoms with van der Waals surface area (Å²) >= 11 is 5.91. The van der Waals surface area contributed by atoms with Crippen LogP contribution in [-0.4, -0.2) is 50.6 Å². The van der Waals surface area contributed by atoms with E-state index in [0.717, 1.165) is 4.90 Å². The summed E-state index contributed by atoms with van der Waals surface area (Å²) in [6.07, 6.45) is 0. The molecule has 1 atom stereocenters. The molecule has 0 aliphatic carbocycles. The van der Waals surface area contributed by atoms with Crippen molar-refractivity contribution in [3.05, 3.63) is 52.5 Å². The fourth-order valence-corrected chi connectivity index (χ4v) is 3.58. The van der Waals surface area contributed by atoms with Gasteiger partial charge in [0.1, 0.15) is 12.1 Å². The van der Waals surface area contributed by atoms with Gasteiger partial charge >= 0.3 is 6.03 Å². The van der Waals surface area contributed by atoms with E-state index in [9.17, 15) is 14.4 Å². The van der Waals surface area contributed by atoms with Gasteiger partial charge in [-0.3, -0.25) is 14.5 Å². The minimum atomic E-state index is -1.28. The summed E-state index contributed by atoms with van der Waals surface area (Å²) in [4.78, 5) is 38.8. The third-order valence-electron chi connectivity index (χ3n) is 5.21. The molecule has 1 heterocycles. The van der Waals surface area contributed by atoms with E-state index >= 15 is 0 Å². The maximum atomic E-state index is 13.0. The molecule has 2 aromatic rings. The smallest absolute Gasteiger partial charge is 0.325 e. The summed E-state index contributed by atoms with van der Waals surface area (Å²) in [7, 11) is 4.49. The molecule has 1 saturated heterocycles. The number of methoxy groups -OCH3 is 3. The van der Waals surface area contributed by atoms with Gasteiger partial charge in [0, 0.05) is 11.6 Å². The molecule has 10 heteroatoms. The summed E-state index contributed by atoms with van der Waals surface area (Å²) in [6, 6.07) is 9.35. The highest BCUT2D eigenvalue weighted by atomic mass is 35.5. The number of ether oxygens (including phenoxy) is 3. The molecule has 3 rings (SSSR count). The van der Waals surface area contributed by atoms with Gasteiger partial charge in [0.25, 0.3) is 5.91 Å². The van der Waals surface area contributed by atoms with E-state index in [-0.39, 0.29) is 6.54 Å². The second kappa shape index (κ2) is 9.35. The van der Waals surface area contributed by atoms with Crippen LogP contribution in [0.4, 0.5) is 4.79 Å². The number of carbonyl (C=O) groups excluding carboxylic acids is 3. The lowest BCUT2D eigenvalue weighted by atomic mass is 9.92. The first kappa shape index (κ1) is 23.2. The topological polar surface area (TPSA) is 106 Å². The summed E-state index contributed by atoms with van der Waals surface area (Å²) in [5.41, 5.74) is -0.0183. The van der Waals surface area contributed by atoms with Crippen LogP contribution in [0.15, 0.2) is 36.4 Å². The van der Waals surface area contributed by atoms with Gasteiger partial charge in [-0.1, -0.05) is 23.7 Å². The Morgan fingerprint density at radius 1 is 1.06 bits per heavy atom. The van der Waals surface area contributed by atoms with Gasteiger partial charge in [0.05, 0.1) is 21.3 Å². The van der Waals surface area contributed by atoms with E-state index in [1.807, 2.05) is 0 Å². The van der Waals surface area contributed by atoms with Crippen LogP contribution >= 0.6 is 11.6 Å². The molecule has 1 aliphatic rings. The Balaban J connectivity index is 1.68. The Morgan fingerprint density at radius 3 is 2.19 bits per heavy atom. The highest BCUT2D eigenvalue weighted by Gasteiger charge is 2.49. The summed E-state index contributed by atoms with van der Waals surface area (Å²) in [5, 5.41) is 5.87. The molecular formula is C22H24ClN3O6. The second-order valence-electron chi connectivity index (χ2n) is 7.26. The average molecular weight is 462 g/mol. The average Bonchev–Trinajstić information content (AvgIpc) is 3.00. The number of amides is 4. The summed E-state index contributed by atoms with van der Waals surface area (Å²) in [6.45, 7) is 1.30. The number of halogens is 1. The van der Waals surface area contributed by atoms with Gasteiger partial charge in [-0.05, 0) is 42.3 Å². The van der Waals surface area contributed by atoms with E-state index < -0.39 is 29.9 Å². The predicted octanol–water partition coefficient (Wildman–Crippen LogP) is 2.45. The molecule has 1 fully saturated rings. The molecule has 1 unspecified atom stereocenters. The molecule has 2 N–H and O–H groups in total. The molecule has 0 bridgehead atoms. The Morgan fingerprint density at radius 2 is 1.66 bits per heavy atom. The molecule has 0 saturated carbocycles. The summed E-state index contributed by atoms with van der Waals surface area (Å²) < 4.78 is 15.9. The van der Waals surface area contributed by atoms with Gasteiger partial charge in [-0.15, -0.1) is 0 Å². The van der Waals surface area contributed by atoms with Crippen molar-refractivity contribution in [1.82, 2.24) is 15.5 Å². The van der Waals surface area contributed by atoms with Crippen molar-refractivity contribution in [2.45, 2.75) is 19.0 Å². The standard InChI is InChI=1S/C22H24ClN3O6/c1-22(14-5-7-15(23)8-6-14)20(28)26(21(29)25-22)12-18(27)24-11-13-9-16(30-2)19(32-4)17(10-13)31-3/h5-10H,11-12H2,1-4H3,(H,24,27)(H,25,29). The number of nitrogens with one attached hydrogen (secondary N) is 2. The van der Waals surface area contributed by atoms with E-state index in [1.54, 1.807) is 43.3 Å². The van der Waals surface area contributed by atoms with Crippen LogP contribution in [0.3, 0.4) is 0 Å². The van der Waals surface area contributed by atoms with Gasteiger partial charge in [0.2, 0.25) is 11.7 Å². The van der Waals surface area contributed by atoms with Gasteiger partial charge < -0.3 is 24.8 Å². The number of hydrogen-bond acceptors (Lipinski definition) is 6. The molecular weight excluding hydrogens is 438 g/mol. The Bertz CT molecular complexity index is 1020. The number of benzene rings is 2. The van der Waals surface area contributed by atoms with Crippen LogP contribution < -0.4 is 24.8 Å². The Hall–Kier alpha value is -3.46. The SMILES string of the molecule is COc1cc(CNC(=O)CN2C(=O)NC(C)(c3ccc(Cl)cc3)C2=O)cc(OC)c1OC. The Kier molecular flexibility index (Phi) is 6.78. The minimum Gasteiger partial charge on any atom is -0.493 e. The van der Waals surface area contributed by atoms with Gasteiger partial charge in [0.15, 0.2) is 11.5 Å². The number of nitrogens with zero attached hydrogens (tertiary/aromatic N) is 1. The second-order valence-corrected chi connectivity index (χ2v) is 7.70. The van der Waals surface area contributed by atoms with Crippen LogP contribution in [0, 0.1) is 0 Å². The molecule has 32 heavy (non-hydrogen) atoms. The van der Waals surface area contributed by atoms with Gasteiger partial charge in [-0.2, -0.15) is 0 Å². The predicted molar refractivity (Wildman–Crippen MR) is 117 cm³/mol. The van der Waals surface area contributed by atoms with Crippen LogP contribution in [-0.2, 0) is 21.7 Å². The largest absolute Gasteiger partial charge is 0.493 e. The maximum absolute atomic E-state index is 13.0. The number of carbonyl (C=O) groups is 3. The first-order valence-electron chi connectivity index (χ1n) is 9.69. The zero-order valence-electron chi connectivity index (χ0n) is 18.2. The van der Waals surface area contributed by atoms with E-state index in [4.69, 9.17) is 25.8 Å². The number of rotatable bonds is 8. The quantitative estimate of drug-likeness (QED) is 0.585.